The molecule has 1 atom stereocenters. The van der Waals surface area contributed by atoms with Crippen LogP contribution in [0.2, 0.25) is 0 Å². The average molecular weight is 288 g/mol. The maximum Gasteiger partial charge on any atom is 0.326 e. The minimum Gasteiger partial charge on any atom is -0.480 e. The molecule has 0 bridgehead atoms. The Morgan fingerprint density at radius 1 is 1.30 bits per heavy atom. The van der Waals surface area contributed by atoms with Gasteiger partial charge in [0.25, 0.3) is 0 Å². The molecule has 0 unspecified atom stereocenters. The summed E-state index contributed by atoms with van der Waals surface area (Å²) in [7, 11) is 2.86. The van der Waals surface area contributed by atoms with Crippen LogP contribution in [0.4, 0.5) is 4.79 Å². The van der Waals surface area contributed by atoms with Gasteiger partial charge in [0.2, 0.25) is 0 Å². The van der Waals surface area contributed by atoms with Crippen molar-refractivity contribution < 1.29 is 24.2 Å². The van der Waals surface area contributed by atoms with E-state index in [1.54, 1.807) is 7.05 Å². The van der Waals surface area contributed by atoms with Crippen LogP contribution in [0, 0.1) is 5.92 Å². The Morgan fingerprint density at radius 3 is 2.35 bits per heavy atom. The lowest BCUT2D eigenvalue weighted by atomic mass is 10.0. The number of carboxylic acid groups (broad SMARTS) is 1. The number of rotatable bonds is 8. The van der Waals surface area contributed by atoms with Crippen LogP contribution in [0.3, 0.4) is 0 Å². The first-order valence-corrected chi connectivity index (χ1v) is 6.59. The van der Waals surface area contributed by atoms with Crippen LogP contribution in [0.25, 0.3) is 0 Å². The summed E-state index contributed by atoms with van der Waals surface area (Å²) in [6, 6.07) is -1.35. The Hall–Kier alpha value is -1.79. The van der Waals surface area contributed by atoms with E-state index >= 15 is 0 Å². The van der Waals surface area contributed by atoms with E-state index in [4.69, 9.17) is 5.11 Å². The van der Waals surface area contributed by atoms with E-state index in [2.05, 4.69) is 10.1 Å². The van der Waals surface area contributed by atoms with Gasteiger partial charge >= 0.3 is 18.0 Å². The minimum absolute atomic E-state index is 0.168. The summed E-state index contributed by atoms with van der Waals surface area (Å²) >= 11 is 0. The number of hydrogen-bond acceptors (Lipinski definition) is 4. The van der Waals surface area contributed by atoms with Gasteiger partial charge in [-0.05, 0) is 18.8 Å². The second-order valence-electron chi connectivity index (χ2n) is 5.07. The number of nitrogens with zero attached hydrogens (tertiary/aromatic N) is 1. The quantitative estimate of drug-likeness (QED) is 0.652. The van der Waals surface area contributed by atoms with Crippen molar-refractivity contribution in [2.24, 2.45) is 5.92 Å². The molecular weight excluding hydrogens is 264 g/mol. The van der Waals surface area contributed by atoms with Gasteiger partial charge in [0.05, 0.1) is 7.11 Å². The van der Waals surface area contributed by atoms with Crippen molar-refractivity contribution in [3.8, 4) is 0 Å². The summed E-state index contributed by atoms with van der Waals surface area (Å²) in [6.07, 6.45) is 1.07. The summed E-state index contributed by atoms with van der Waals surface area (Å²) in [5, 5.41) is 11.5. The van der Waals surface area contributed by atoms with Gasteiger partial charge in [-0.3, -0.25) is 4.79 Å². The monoisotopic (exact) mass is 288 g/mol. The summed E-state index contributed by atoms with van der Waals surface area (Å²) in [5.41, 5.74) is 0. The number of urea groups is 1. The highest BCUT2D eigenvalue weighted by Crippen LogP contribution is 2.05. The molecule has 7 heteroatoms. The number of amides is 2. The van der Waals surface area contributed by atoms with Crippen molar-refractivity contribution in [1.29, 1.82) is 0 Å². The number of hydrogen-bond donors (Lipinski definition) is 2. The van der Waals surface area contributed by atoms with Crippen LogP contribution in [0.5, 0.6) is 0 Å². The van der Waals surface area contributed by atoms with Gasteiger partial charge in [0.15, 0.2) is 0 Å². The number of carboxylic acids is 1. The van der Waals surface area contributed by atoms with Crippen LogP contribution in [-0.4, -0.2) is 54.7 Å². The first-order valence-electron chi connectivity index (χ1n) is 6.59. The molecule has 0 saturated heterocycles. The van der Waals surface area contributed by atoms with Gasteiger partial charge in [0, 0.05) is 20.0 Å². The van der Waals surface area contributed by atoms with E-state index in [1.807, 2.05) is 13.8 Å². The Kier molecular flexibility index (Phi) is 8.35. The molecule has 0 spiro atoms. The molecule has 0 aromatic heterocycles. The topological polar surface area (TPSA) is 95.9 Å². The summed E-state index contributed by atoms with van der Waals surface area (Å²) in [6.45, 7) is 4.14. The van der Waals surface area contributed by atoms with E-state index in [1.165, 1.54) is 12.0 Å². The molecule has 0 aromatic rings. The molecule has 116 valence electrons. The summed E-state index contributed by atoms with van der Waals surface area (Å²) < 4.78 is 4.50. The maximum atomic E-state index is 11.8. The van der Waals surface area contributed by atoms with Crippen LogP contribution < -0.4 is 5.32 Å². The van der Waals surface area contributed by atoms with E-state index in [-0.39, 0.29) is 18.3 Å². The molecule has 2 amide bonds. The molecule has 0 aliphatic rings. The first-order chi connectivity index (χ1) is 9.27. The fourth-order valence-electron chi connectivity index (χ4n) is 1.62. The highest BCUT2D eigenvalue weighted by atomic mass is 16.5. The molecule has 0 heterocycles. The normalized spacial score (nSPS) is 11.8. The largest absolute Gasteiger partial charge is 0.480 e. The standard InChI is InChI=1S/C13H24N2O5/c1-9(2)8-10(12(17)18)14-13(19)15(3)7-5-6-11(16)20-4/h9-10H,5-8H2,1-4H3,(H,14,19)(H,17,18)/t10-/m1/s1. The van der Waals surface area contributed by atoms with E-state index in [0.29, 0.717) is 19.4 Å². The third-order valence-electron chi connectivity index (χ3n) is 2.75. The van der Waals surface area contributed by atoms with E-state index in [9.17, 15) is 14.4 Å². The van der Waals surface area contributed by atoms with Gasteiger partial charge < -0.3 is 20.1 Å². The van der Waals surface area contributed by atoms with Gasteiger partial charge in [0.1, 0.15) is 6.04 Å². The van der Waals surface area contributed by atoms with E-state index < -0.39 is 18.0 Å². The maximum absolute atomic E-state index is 11.8. The van der Waals surface area contributed by atoms with Crippen molar-refractivity contribution >= 4 is 18.0 Å². The number of carbonyl (C=O) groups excluding carboxylic acids is 2. The number of nitrogens with one attached hydrogen (secondary N) is 1. The van der Waals surface area contributed by atoms with Crippen LogP contribution in [0.1, 0.15) is 33.1 Å². The Balaban J connectivity index is 4.21. The molecule has 7 nitrogen and oxygen atoms in total. The van der Waals surface area contributed by atoms with Crippen LogP contribution in [-0.2, 0) is 14.3 Å². The zero-order valence-electron chi connectivity index (χ0n) is 12.5. The van der Waals surface area contributed by atoms with Crippen molar-refractivity contribution in [2.75, 3.05) is 20.7 Å². The smallest absolute Gasteiger partial charge is 0.326 e. The number of methoxy groups -OCH3 is 1. The van der Waals surface area contributed by atoms with Gasteiger partial charge in [-0.25, -0.2) is 9.59 Å². The zero-order chi connectivity index (χ0) is 15.7. The number of carbonyl (C=O) groups is 3. The van der Waals surface area contributed by atoms with Crippen molar-refractivity contribution in [2.45, 2.75) is 39.2 Å². The Morgan fingerprint density at radius 2 is 1.90 bits per heavy atom. The Bertz CT molecular complexity index is 344. The van der Waals surface area contributed by atoms with Crippen molar-refractivity contribution in [1.82, 2.24) is 10.2 Å². The third-order valence-corrected chi connectivity index (χ3v) is 2.75. The zero-order valence-corrected chi connectivity index (χ0v) is 12.5. The molecule has 0 saturated carbocycles. The lowest BCUT2D eigenvalue weighted by Crippen LogP contribution is -2.47. The second-order valence-corrected chi connectivity index (χ2v) is 5.07. The molecule has 20 heavy (non-hydrogen) atoms. The summed E-state index contributed by atoms with van der Waals surface area (Å²) in [5.74, 6) is -1.21. The van der Waals surface area contributed by atoms with Gasteiger partial charge in [-0.15, -0.1) is 0 Å². The molecule has 2 N–H and O–H groups in total. The molecule has 0 aliphatic carbocycles. The van der Waals surface area contributed by atoms with Gasteiger partial charge in [-0.1, -0.05) is 13.8 Å². The lowest BCUT2D eigenvalue weighted by Gasteiger charge is -2.22. The molecule has 0 aliphatic heterocycles. The fourth-order valence-corrected chi connectivity index (χ4v) is 1.62. The second kappa shape index (κ2) is 9.17. The first kappa shape index (κ1) is 18.2. The average Bonchev–Trinajstić information content (AvgIpc) is 2.36. The summed E-state index contributed by atoms with van der Waals surface area (Å²) in [4.78, 5) is 35.2. The highest BCUT2D eigenvalue weighted by Gasteiger charge is 2.22. The number of esters is 1. The fraction of sp³-hybridized carbons (Fsp3) is 0.769. The number of aliphatic carboxylic acids is 1. The molecule has 0 fully saturated rings. The van der Waals surface area contributed by atoms with Crippen LogP contribution >= 0.6 is 0 Å². The highest BCUT2D eigenvalue weighted by molar-refractivity contribution is 5.82. The molecule has 0 radical (unpaired) electrons. The van der Waals surface area contributed by atoms with Crippen molar-refractivity contribution in [3.05, 3.63) is 0 Å². The van der Waals surface area contributed by atoms with E-state index in [0.717, 1.165) is 0 Å². The molecular formula is C13H24N2O5. The lowest BCUT2D eigenvalue weighted by molar-refractivity contribution is -0.141. The van der Waals surface area contributed by atoms with Crippen molar-refractivity contribution in [3.63, 3.8) is 0 Å². The SMILES string of the molecule is COC(=O)CCCN(C)C(=O)N[C@H](CC(C)C)C(=O)O. The van der Waals surface area contributed by atoms with Gasteiger partial charge in [-0.2, -0.15) is 0 Å². The predicted molar refractivity (Wildman–Crippen MR) is 73.3 cm³/mol. The molecule has 0 aromatic carbocycles. The Labute approximate surface area is 119 Å². The molecule has 0 rings (SSSR count). The predicted octanol–water partition coefficient (Wildman–Crippen LogP) is 1.08. The third kappa shape index (κ3) is 7.60. The number of ether oxygens (including phenoxy) is 1. The minimum atomic E-state index is -1.05. The van der Waals surface area contributed by atoms with Crippen LogP contribution in [0.15, 0.2) is 0 Å².